The summed E-state index contributed by atoms with van der Waals surface area (Å²) in [6.07, 6.45) is -3.71. The molecule has 2 rings (SSSR count). The number of rotatable bonds is 1. The van der Waals surface area contributed by atoms with Crippen molar-refractivity contribution >= 4 is 21.1 Å². The zero-order valence-corrected chi connectivity index (χ0v) is 9.25. The van der Waals surface area contributed by atoms with Crippen molar-refractivity contribution in [1.82, 2.24) is 14.4 Å². The third kappa shape index (κ3) is 2.09. The zero-order chi connectivity index (χ0) is 12.8. The van der Waals surface area contributed by atoms with Gasteiger partial charge in [-0.15, -0.1) is 9.19 Å². The van der Waals surface area contributed by atoms with Gasteiger partial charge in [0.05, 0.1) is 11.8 Å². The first kappa shape index (κ1) is 11.8. The van der Waals surface area contributed by atoms with Crippen LogP contribution in [0.5, 0.6) is 0 Å². The maximum Gasteiger partial charge on any atom is 0.416 e. The lowest BCUT2D eigenvalue weighted by molar-refractivity contribution is -0.137. The fraction of sp³-hybridized carbons (Fsp3) is 0.250. The Labute approximate surface area is 93.9 Å². The van der Waals surface area contributed by atoms with E-state index in [1.54, 1.807) is 0 Å². The highest BCUT2D eigenvalue weighted by Gasteiger charge is 2.31. The lowest BCUT2D eigenvalue weighted by atomic mass is 10.2. The van der Waals surface area contributed by atoms with Crippen molar-refractivity contribution in [2.75, 3.05) is 6.26 Å². The molecule has 0 saturated heterocycles. The predicted molar refractivity (Wildman–Crippen MR) is 52.8 cm³/mol. The largest absolute Gasteiger partial charge is 0.416 e. The quantitative estimate of drug-likeness (QED) is 0.778. The molecular weight excluding hydrogens is 259 g/mol. The van der Waals surface area contributed by atoms with Gasteiger partial charge in [0.1, 0.15) is 11.0 Å². The molecule has 1 aromatic heterocycles. The first-order chi connectivity index (χ1) is 7.69. The second-order valence-electron chi connectivity index (χ2n) is 3.40. The van der Waals surface area contributed by atoms with Gasteiger partial charge in [0.2, 0.25) is 0 Å². The highest BCUT2D eigenvalue weighted by molar-refractivity contribution is 7.89. The number of halogens is 3. The van der Waals surface area contributed by atoms with Crippen molar-refractivity contribution in [3.63, 3.8) is 0 Å². The molecule has 0 bridgehead atoms. The molecule has 0 N–H and O–H groups in total. The zero-order valence-electron chi connectivity index (χ0n) is 8.43. The summed E-state index contributed by atoms with van der Waals surface area (Å²) < 4.78 is 60.3. The summed E-state index contributed by atoms with van der Waals surface area (Å²) in [6, 6.07) is 2.60. The van der Waals surface area contributed by atoms with Crippen molar-refractivity contribution in [1.29, 1.82) is 0 Å². The van der Waals surface area contributed by atoms with E-state index in [0.29, 0.717) is 10.2 Å². The summed E-state index contributed by atoms with van der Waals surface area (Å²) in [5.41, 5.74) is -1.05. The highest BCUT2D eigenvalue weighted by Crippen LogP contribution is 2.31. The van der Waals surface area contributed by atoms with Crippen molar-refractivity contribution in [3.05, 3.63) is 23.8 Å². The molecule has 0 amide bonds. The maximum absolute atomic E-state index is 12.5. The van der Waals surface area contributed by atoms with Crippen LogP contribution in [-0.2, 0) is 16.2 Å². The van der Waals surface area contributed by atoms with Crippen molar-refractivity contribution in [2.24, 2.45) is 0 Å². The summed E-state index contributed by atoms with van der Waals surface area (Å²) in [7, 11) is -3.77. The van der Waals surface area contributed by atoms with E-state index < -0.39 is 21.8 Å². The summed E-state index contributed by atoms with van der Waals surface area (Å²) in [5, 5.41) is 6.78. The van der Waals surface area contributed by atoms with E-state index in [1.807, 2.05) is 0 Å². The van der Waals surface area contributed by atoms with Crippen LogP contribution in [-0.4, -0.2) is 29.1 Å². The van der Waals surface area contributed by atoms with E-state index in [0.717, 1.165) is 18.4 Å². The van der Waals surface area contributed by atoms with Gasteiger partial charge in [-0.05, 0) is 18.2 Å². The number of nitrogens with zero attached hydrogens (tertiary/aromatic N) is 3. The third-order valence-corrected chi connectivity index (χ3v) is 2.95. The van der Waals surface area contributed by atoms with Gasteiger partial charge in [0, 0.05) is 0 Å². The van der Waals surface area contributed by atoms with Gasteiger partial charge in [-0.1, -0.05) is 5.21 Å². The Kier molecular flexibility index (Phi) is 2.38. The van der Waals surface area contributed by atoms with E-state index >= 15 is 0 Å². The lowest BCUT2D eigenvalue weighted by Crippen LogP contribution is -2.12. The molecule has 92 valence electrons. The van der Waals surface area contributed by atoms with Crippen LogP contribution in [0.25, 0.3) is 11.0 Å². The summed E-state index contributed by atoms with van der Waals surface area (Å²) in [6.45, 7) is 0. The first-order valence-corrected chi connectivity index (χ1v) is 6.17. The SMILES string of the molecule is CS(=O)(=O)n1nnc2ccc(C(F)(F)F)cc21. The predicted octanol–water partition coefficient (Wildman–Crippen LogP) is 1.26. The van der Waals surface area contributed by atoms with Crippen molar-refractivity contribution in [2.45, 2.75) is 6.18 Å². The molecule has 0 aliphatic carbocycles. The fourth-order valence-corrected chi connectivity index (χ4v) is 1.99. The van der Waals surface area contributed by atoms with Gasteiger partial charge < -0.3 is 0 Å². The van der Waals surface area contributed by atoms with Crippen LogP contribution >= 0.6 is 0 Å². The molecule has 0 fully saturated rings. The minimum Gasteiger partial charge on any atom is -0.205 e. The Morgan fingerprint density at radius 1 is 1.29 bits per heavy atom. The molecule has 1 heterocycles. The molecule has 5 nitrogen and oxygen atoms in total. The van der Waals surface area contributed by atoms with Crippen molar-refractivity contribution in [3.8, 4) is 0 Å². The van der Waals surface area contributed by atoms with E-state index in [-0.39, 0.29) is 11.0 Å². The number of benzene rings is 1. The molecule has 0 aliphatic heterocycles. The summed E-state index contributed by atoms with van der Waals surface area (Å²) >= 11 is 0. The lowest BCUT2D eigenvalue weighted by Gasteiger charge is -2.06. The Morgan fingerprint density at radius 3 is 2.47 bits per heavy atom. The number of hydrogen-bond donors (Lipinski definition) is 0. The Morgan fingerprint density at radius 2 is 1.94 bits per heavy atom. The Balaban J connectivity index is 2.76. The number of hydrogen-bond acceptors (Lipinski definition) is 4. The minimum atomic E-state index is -4.54. The van der Waals surface area contributed by atoms with Gasteiger partial charge in [0.15, 0.2) is 0 Å². The van der Waals surface area contributed by atoms with Gasteiger partial charge >= 0.3 is 6.18 Å². The number of fused-ring (bicyclic) bond motifs is 1. The van der Waals surface area contributed by atoms with Crippen LogP contribution in [0.4, 0.5) is 13.2 Å². The molecule has 1 aromatic carbocycles. The summed E-state index contributed by atoms with van der Waals surface area (Å²) in [4.78, 5) is 0. The second kappa shape index (κ2) is 3.42. The van der Waals surface area contributed by atoms with E-state index in [9.17, 15) is 21.6 Å². The molecule has 0 aliphatic rings. The molecular formula is C8H6F3N3O2S. The fourth-order valence-electron chi connectivity index (χ4n) is 1.32. The highest BCUT2D eigenvalue weighted by atomic mass is 32.2. The van der Waals surface area contributed by atoms with Gasteiger partial charge in [-0.3, -0.25) is 0 Å². The minimum absolute atomic E-state index is 0.0865. The first-order valence-electron chi connectivity index (χ1n) is 4.33. The second-order valence-corrected chi connectivity index (χ2v) is 5.21. The molecule has 17 heavy (non-hydrogen) atoms. The van der Waals surface area contributed by atoms with E-state index in [4.69, 9.17) is 0 Å². The average molecular weight is 265 g/mol. The van der Waals surface area contributed by atoms with Crippen LogP contribution < -0.4 is 0 Å². The average Bonchev–Trinajstić information content (AvgIpc) is 2.57. The molecule has 0 radical (unpaired) electrons. The van der Waals surface area contributed by atoms with Crippen LogP contribution in [0, 0.1) is 0 Å². The van der Waals surface area contributed by atoms with Gasteiger partial charge in [-0.2, -0.15) is 13.2 Å². The van der Waals surface area contributed by atoms with Crippen LogP contribution in [0.1, 0.15) is 5.56 Å². The molecule has 0 unspecified atom stereocenters. The standard InChI is InChI=1S/C8H6F3N3O2S/c1-17(15,16)14-7-4-5(8(9,10)11)2-3-6(7)12-13-14/h2-4H,1H3. The van der Waals surface area contributed by atoms with Gasteiger partial charge in [-0.25, -0.2) is 8.42 Å². The molecule has 0 spiro atoms. The number of alkyl halides is 3. The monoisotopic (exact) mass is 265 g/mol. The third-order valence-electron chi connectivity index (χ3n) is 2.06. The molecule has 9 heteroatoms. The van der Waals surface area contributed by atoms with Crippen LogP contribution in [0.2, 0.25) is 0 Å². The maximum atomic E-state index is 12.5. The van der Waals surface area contributed by atoms with E-state index in [1.165, 1.54) is 0 Å². The van der Waals surface area contributed by atoms with Crippen LogP contribution in [0.15, 0.2) is 18.2 Å². The number of aromatic nitrogens is 3. The molecule has 0 saturated carbocycles. The normalized spacial score (nSPS) is 13.2. The Hall–Kier alpha value is -1.64. The van der Waals surface area contributed by atoms with Gasteiger partial charge in [0.25, 0.3) is 10.0 Å². The molecule has 0 atom stereocenters. The topological polar surface area (TPSA) is 64.8 Å². The molecule has 2 aromatic rings. The van der Waals surface area contributed by atoms with Crippen LogP contribution in [0.3, 0.4) is 0 Å². The van der Waals surface area contributed by atoms with E-state index in [2.05, 4.69) is 10.3 Å². The Bertz CT molecular complexity index is 675. The summed E-state index contributed by atoms with van der Waals surface area (Å²) in [5.74, 6) is 0. The smallest absolute Gasteiger partial charge is 0.205 e. The van der Waals surface area contributed by atoms with Crippen molar-refractivity contribution < 1.29 is 21.6 Å².